The Hall–Kier alpha value is -1.58. The van der Waals surface area contributed by atoms with Crippen LogP contribution in [0.3, 0.4) is 0 Å². The van der Waals surface area contributed by atoms with Crippen molar-refractivity contribution in [3.63, 3.8) is 0 Å². The van der Waals surface area contributed by atoms with Crippen LogP contribution in [0.25, 0.3) is 0 Å². The molecular weight excluding hydrogens is 238 g/mol. The van der Waals surface area contributed by atoms with E-state index in [1.807, 2.05) is 6.07 Å². The Kier molecular flexibility index (Phi) is 3.28. The molecule has 98 valence electrons. The zero-order chi connectivity index (χ0) is 13.3. The third kappa shape index (κ3) is 2.33. The second-order valence-electron chi connectivity index (χ2n) is 4.61. The zero-order valence-corrected chi connectivity index (χ0v) is 10.5. The Balaban J connectivity index is 2.22. The van der Waals surface area contributed by atoms with E-state index in [9.17, 15) is 4.79 Å². The smallest absolute Gasteiger partial charge is 0.333 e. The molecule has 0 unspecified atom stereocenters. The first-order chi connectivity index (χ1) is 8.46. The Morgan fingerprint density at radius 2 is 2.28 bits per heavy atom. The van der Waals surface area contributed by atoms with Gasteiger partial charge in [0.15, 0.2) is 5.79 Å². The quantitative estimate of drug-likeness (QED) is 0.537. The topological polar surface area (TPSA) is 77.8 Å². The van der Waals surface area contributed by atoms with Gasteiger partial charge < -0.3 is 18.9 Å². The fraction of sp³-hybridized carbons (Fsp3) is 0.667. The van der Waals surface area contributed by atoms with Crippen molar-refractivity contribution in [1.29, 1.82) is 5.26 Å². The Morgan fingerprint density at radius 3 is 2.89 bits per heavy atom. The minimum Gasteiger partial charge on any atom is -0.488 e. The number of carbonyl (C=O) groups is 1. The first-order valence-corrected chi connectivity index (χ1v) is 5.65. The fourth-order valence-electron chi connectivity index (χ4n) is 2.13. The molecule has 3 atom stereocenters. The van der Waals surface area contributed by atoms with Gasteiger partial charge in [-0.25, -0.2) is 4.79 Å². The molecule has 2 saturated heterocycles. The van der Waals surface area contributed by atoms with Crippen molar-refractivity contribution in [3.05, 3.63) is 11.8 Å². The molecule has 0 spiro atoms. The van der Waals surface area contributed by atoms with Gasteiger partial charge in [-0.1, -0.05) is 0 Å². The van der Waals surface area contributed by atoms with Crippen molar-refractivity contribution in [1.82, 2.24) is 0 Å². The predicted octanol–water partition coefficient (Wildman–Crippen LogP) is 0.876. The number of esters is 1. The molecule has 0 bridgehead atoms. The fourth-order valence-corrected chi connectivity index (χ4v) is 2.13. The molecule has 6 heteroatoms. The summed E-state index contributed by atoms with van der Waals surface area (Å²) in [5.74, 6) is -0.908. The second kappa shape index (κ2) is 4.59. The highest BCUT2D eigenvalue weighted by Gasteiger charge is 2.53. The van der Waals surface area contributed by atoms with Crippen molar-refractivity contribution in [2.45, 2.75) is 44.4 Å². The standard InChI is InChI=1S/C12H15NO5/c1-12(2)17-10-7(4-5-13)16-8(11(10)18-12)6-9(14)15-3/h6-7,10-11H,4H2,1-3H3/b8-6+/t7-,10+,11-/m0/s1. The molecule has 0 saturated carbocycles. The molecule has 2 heterocycles. The van der Waals surface area contributed by atoms with Gasteiger partial charge in [0, 0.05) is 0 Å². The van der Waals surface area contributed by atoms with Gasteiger partial charge in [0.25, 0.3) is 0 Å². The van der Waals surface area contributed by atoms with Crippen molar-refractivity contribution < 1.29 is 23.7 Å². The van der Waals surface area contributed by atoms with Gasteiger partial charge in [0.05, 0.1) is 25.7 Å². The lowest BCUT2D eigenvalue weighted by Crippen LogP contribution is -2.29. The summed E-state index contributed by atoms with van der Waals surface area (Å²) in [5.41, 5.74) is 0. The minimum atomic E-state index is -0.748. The van der Waals surface area contributed by atoms with Crippen LogP contribution in [-0.4, -0.2) is 37.2 Å². The molecular formula is C12H15NO5. The van der Waals surface area contributed by atoms with E-state index in [-0.39, 0.29) is 12.5 Å². The summed E-state index contributed by atoms with van der Waals surface area (Å²) in [6.07, 6.45) is 0.171. The number of hydrogen-bond donors (Lipinski definition) is 0. The van der Waals surface area contributed by atoms with E-state index in [0.29, 0.717) is 5.76 Å². The number of hydrogen-bond acceptors (Lipinski definition) is 6. The number of ether oxygens (including phenoxy) is 4. The van der Waals surface area contributed by atoms with Gasteiger partial charge in [-0.3, -0.25) is 0 Å². The van der Waals surface area contributed by atoms with Crippen LogP contribution in [0.15, 0.2) is 11.8 Å². The average molecular weight is 253 g/mol. The second-order valence-corrected chi connectivity index (χ2v) is 4.61. The summed E-state index contributed by atoms with van der Waals surface area (Å²) >= 11 is 0. The molecule has 0 amide bonds. The number of carbonyl (C=O) groups excluding carboxylic acids is 1. The van der Waals surface area contributed by atoms with Crippen LogP contribution in [-0.2, 0) is 23.7 Å². The summed E-state index contributed by atoms with van der Waals surface area (Å²) in [6, 6.07) is 2.03. The van der Waals surface area contributed by atoms with Crippen molar-refractivity contribution in [3.8, 4) is 6.07 Å². The first-order valence-electron chi connectivity index (χ1n) is 5.65. The van der Waals surface area contributed by atoms with Crippen molar-refractivity contribution in [2.75, 3.05) is 7.11 Å². The van der Waals surface area contributed by atoms with Gasteiger partial charge in [-0.2, -0.15) is 5.26 Å². The molecule has 6 nitrogen and oxygen atoms in total. The van der Waals surface area contributed by atoms with Crippen LogP contribution < -0.4 is 0 Å². The predicted molar refractivity (Wildman–Crippen MR) is 59.0 cm³/mol. The summed E-state index contributed by atoms with van der Waals surface area (Å²) < 4.78 is 21.4. The summed E-state index contributed by atoms with van der Waals surface area (Å²) in [7, 11) is 1.29. The van der Waals surface area contributed by atoms with Gasteiger partial charge in [0.2, 0.25) is 0 Å². The van der Waals surface area contributed by atoms with E-state index in [1.54, 1.807) is 13.8 Å². The maximum Gasteiger partial charge on any atom is 0.333 e. The normalized spacial score (nSPS) is 34.8. The number of nitriles is 1. The van der Waals surface area contributed by atoms with Crippen LogP contribution in [0.4, 0.5) is 0 Å². The highest BCUT2D eigenvalue weighted by molar-refractivity contribution is 5.82. The van der Waals surface area contributed by atoms with Crippen LogP contribution in [0.2, 0.25) is 0 Å². The van der Waals surface area contributed by atoms with E-state index < -0.39 is 24.0 Å². The Labute approximate surface area is 105 Å². The van der Waals surface area contributed by atoms with E-state index in [4.69, 9.17) is 19.5 Å². The monoisotopic (exact) mass is 253 g/mol. The molecule has 0 aromatic carbocycles. The SMILES string of the molecule is COC(=O)/C=C1/O[C@@H](CC#N)[C@H]2OC(C)(C)O[C@@H]12. The molecule has 18 heavy (non-hydrogen) atoms. The van der Waals surface area contributed by atoms with Gasteiger partial charge in [-0.05, 0) is 13.8 Å². The van der Waals surface area contributed by atoms with Crippen LogP contribution >= 0.6 is 0 Å². The molecule has 0 N–H and O–H groups in total. The maximum atomic E-state index is 11.2. The molecule has 0 aliphatic carbocycles. The number of rotatable bonds is 2. The van der Waals surface area contributed by atoms with Crippen molar-refractivity contribution in [2.24, 2.45) is 0 Å². The number of nitrogens with zero attached hydrogens (tertiary/aromatic N) is 1. The zero-order valence-electron chi connectivity index (χ0n) is 10.5. The summed E-state index contributed by atoms with van der Waals surface area (Å²) in [5, 5.41) is 8.75. The van der Waals surface area contributed by atoms with E-state index in [1.165, 1.54) is 13.2 Å². The largest absolute Gasteiger partial charge is 0.488 e. The van der Waals surface area contributed by atoms with Crippen LogP contribution in [0, 0.1) is 11.3 Å². The lowest BCUT2D eigenvalue weighted by molar-refractivity contribution is -0.166. The molecule has 0 radical (unpaired) electrons. The van der Waals surface area contributed by atoms with Gasteiger partial charge >= 0.3 is 5.97 Å². The lowest BCUT2D eigenvalue weighted by Gasteiger charge is -2.21. The van der Waals surface area contributed by atoms with E-state index >= 15 is 0 Å². The van der Waals surface area contributed by atoms with Gasteiger partial charge in [-0.15, -0.1) is 0 Å². The number of methoxy groups -OCH3 is 1. The maximum absolute atomic E-state index is 11.2. The van der Waals surface area contributed by atoms with Gasteiger partial charge in [0.1, 0.15) is 24.1 Å². The van der Waals surface area contributed by atoms with Crippen LogP contribution in [0.5, 0.6) is 0 Å². The highest BCUT2D eigenvalue weighted by Crippen LogP contribution is 2.41. The molecule has 0 aromatic rings. The summed E-state index contributed by atoms with van der Waals surface area (Å²) in [4.78, 5) is 11.2. The Morgan fingerprint density at radius 1 is 1.56 bits per heavy atom. The third-order valence-electron chi connectivity index (χ3n) is 2.82. The molecule has 2 aliphatic heterocycles. The lowest BCUT2D eigenvalue weighted by atomic mass is 10.1. The molecule has 2 fully saturated rings. The number of fused-ring (bicyclic) bond motifs is 1. The molecule has 2 rings (SSSR count). The first kappa shape index (κ1) is 12.9. The van der Waals surface area contributed by atoms with Crippen molar-refractivity contribution >= 4 is 5.97 Å². The average Bonchev–Trinajstić information content (AvgIpc) is 2.76. The highest BCUT2D eigenvalue weighted by atomic mass is 16.8. The van der Waals surface area contributed by atoms with E-state index in [2.05, 4.69) is 4.74 Å². The third-order valence-corrected chi connectivity index (χ3v) is 2.82. The van der Waals surface area contributed by atoms with E-state index in [0.717, 1.165) is 0 Å². The Bertz CT molecular complexity index is 423. The molecule has 2 aliphatic rings. The van der Waals surface area contributed by atoms with Crippen LogP contribution in [0.1, 0.15) is 20.3 Å². The minimum absolute atomic E-state index is 0.180. The summed E-state index contributed by atoms with van der Waals surface area (Å²) in [6.45, 7) is 3.56. The molecule has 0 aromatic heterocycles.